The summed E-state index contributed by atoms with van der Waals surface area (Å²) in [6.07, 6.45) is 1.37. The molecular formula is C12H12N4O3S. The molecule has 2 aromatic rings. The summed E-state index contributed by atoms with van der Waals surface area (Å²) >= 11 is 0. The average molecular weight is 292 g/mol. The van der Waals surface area contributed by atoms with E-state index in [1.807, 2.05) is 0 Å². The van der Waals surface area contributed by atoms with Crippen LogP contribution < -0.4 is 4.72 Å². The minimum absolute atomic E-state index is 0.0449. The van der Waals surface area contributed by atoms with E-state index in [0.717, 1.165) is 0 Å². The average Bonchev–Trinajstić information content (AvgIpc) is 2.76. The van der Waals surface area contributed by atoms with Gasteiger partial charge in [0.25, 0.3) is 0 Å². The van der Waals surface area contributed by atoms with E-state index >= 15 is 0 Å². The number of nitrogens with zero attached hydrogens (tertiary/aromatic N) is 3. The summed E-state index contributed by atoms with van der Waals surface area (Å²) in [4.78, 5) is 3.59. The third-order valence-corrected chi connectivity index (χ3v) is 4.22. The maximum atomic E-state index is 12.2. The zero-order valence-electron chi connectivity index (χ0n) is 10.9. The first kappa shape index (κ1) is 14.2. The van der Waals surface area contributed by atoms with Gasteiger partial charge in [0.2, 0.25) is 10.0 Å². The molecule has 0 saturated carbocycles. The van der Waals surface area contributed by atoms with Gasteiger partial charge in [0.1, 0.15) is 16.7 Å². The number of aromatic nitrogens is 2. The lowest BCUT2D eigenvalue weighted by Crippen LogP contribution is -2.24. The van der Waals surface area contributed by atoms with Gasteiger partial charge in [-0.25, -0.2) is 18.1 Å². The van der Waals surface area contributed by atoms with Crippen LogP contribution in [-0.4, -0.2) is 18.6 Å². The van der Waals surface area contributed by atoms with E-state index in [9.17, 15) is 8.42 Å². The molecule has 2 rings (SSSR count). The summed E-state index contributed by atoms with van der Waals surface area (Å²) in [6, 6.07) is 4.55. The molecule has 7 nitrogen and oxygen atoms in total. The van der Waals surface area contributed by atoms with Crippen LogP contribution in [0.1, 0.15) is 22.7 Å². The molecule has 0 fully saturated rings. The Labute approximate surface area is 116 Å². The molecule has 0 amide bonds. The Morgan fingerprint density at radius 2 is 2.20 bits per heavy atom. The van der Waals surface area contributed by atoms with Crippen LogP contribution in [-0.2, 0) is 16.6 Å². The van der Waals surface area contributed by atoms with Gasteiger partial charge in [0, 0.05) is 18.3 Å². The van der Waals surface area contributed by atoms with Crippen molar-refractivity contribution in [2.75, 3.05) is 0 Å². The van der Waals surface area contributed by atoms with E-state index in [0.29, 0.717) is 17.0 Å². The molecule has 0 radical (unpaired) electrons. The monoisotopic (exact) mass is 292 g/mol. The molecule has 0 aliphatic rings. The van der Waals surface area contributed by atoms with Gasteiger partial charge in [0.15, 0.2) is 5.69 Å². The first-order valence-electron chi connectivity index (χ1n) is 5.72. The van der Waals surface area contributed by atoms with E-state index in [2.05, 4.69) is 14.9 Å². The SMILES string of the molecule is Cc1noc(C)c1CNS(=O)(=O)c1cccnc1C#N. The largest absolute Gasteiger partial charge is 0.361 e. The van der Waals surface area contributed by atoms with Crippen molar-refractivity contribution in [2.45, 2.75) is 25.3 Å². The number of hydrogen-bond acceptors (Lipinski definition) is 6. The molecule has 0 bridgehead atoms. The minimum atomic E-state index is -3.82. The van der Waals surface area contributed by atoms with E-state index in [1.54, 1.807) is 19.9 Å². The van der Waals surface area contributed by atoms with Crippen LogP contribution >= 0.6 is 0 Å². The van der Waals surface area contributed by atoms with Crippen LogP contribution in [0.15, 0.2) is 27.7 Å². The zero-order chi connectivity index (χ0) is 14.8. The molecule has 2 aromatic heterocycles. The number of nitriles is 1. The minimum Gasteiger partial charge on any atom is -0.361 e. The summed E-state index contributed by atoms with van der Waals surface area (Å²) < 4.78 is 31.7. The Morgan fingerprint density at radius 3 is 2.80 bits per heavy atom. The highest BCUT2D eigenvalue weighted by Gasteiger charge is 2.20. The maximum Gasteiger partial charge on any atom is 0.243 e. The van der Waals surface area contributed by atoms with Crippen LogP contribution in [0.2, 0.25) is 0 Å². The lowest BCUT2D eigenvalue weighted by atomic mass is 10.2. The topological polar surface area (TPSA) is 109 Å². The highest BCUT2D eigenvalue weighted by atomic mass is 32.2. The first-order chi connectivity index (χ1) is 9.45. The Balaban J connectivity index is 2.27. The van der Waals surface area contributed by atoms with Gasteiger partial charge in [-0.2, -0.15) is 5.26 Å². The van der Waals surface area contributed by atoms with Gasteiger partial charge in [-0.1, -0.05) is 5.16 Å². The predicted molar refractivity (Wildman–Crippen MR) is 69.0 cm³/mol. The number of nitrogens with one attached hydrogen (secondary N) is 1. The second-order valence-electron chi connectivity index (χ2n) is 4.09. The summed E-state index contributed by atoms with van der Waals surface area (Å²) in [5, 5.41) is 12.6. The quantitative estimate of drug-likeness (QED) is 0.901. The van der Waals surface area contributed by atoms with Crippen molar-refractivity contribution in [2.24, 2.45) is 0 Å². The van der Waals surface area contributed by atoms with Crippen molar-refractivity contribution in [3.63, 3.8) is 0 Å². The molecular weight excluding hydrogens is 280 g/mol. The van der Waals surface area contributed by atoms with Crippen molar-refractivity contribution in [3.8, 4) is 6.07 Å². The molecule has 20 heavy (non-hydrogen) atoms. The van der Waals surface area contributed by atoms with Gasteiger partial charge < -0.3 is 4.52 Å². The second kappa shape index (κ2) is 5.40. The molecule has 8 heteroatoms. The van der Waals surface area contributed by atoms with Gasteiger partial charge >= 0.3 is 0 Å². The van der Waals surface area contributed by atoms with Gasteiger partial charge in [-0.15, -0.1) is 0 Å². The molecule has 0 aliphatic carbocycles. The molecule has 0 unspecified atom stereocenters. The first-order valence-corrected chi connectivity index (χ1v) is 7.20. The van der Waals surface area contributed by atoms with Crippen LogP contribution in [0.3, 0.4) is 0 Å². The lowest BCUT2D eigenvalue weighted by molar-refractivity contribution is 0.392. The normalized spacial score (nSPS) is 11.2. The number of rotatable bonds is 4. The van der Waals surface area contributed by atoms with E-state index in [4.69, 9.17) is 9.78 Å². The fraction of sp³-hybridized carbons (Fsp3) is 0.250. The molecule has 0 spiro atoms. The predicted octanol–water partition coefficient (Wildman–Crippen LogP) is 1.04. The number of hydrogen-bond donors (Lipinski definition) is 1. The number of aryl methyl sites for hydroxylation is 2. The molecule has 0 atom stereocenters. The van der Waals surface area contributed by atoms with Crippen molar-refractivity contribution in [1.29, 1.82) is 5.26 Å². The van der Waals surface area contributed by atoms with Crippen LogP contribution in [0.5, 0.6) is 0 Å². The summed E-state index contributed by atoms with van der Waals surface area (Å²) in [5.74, 6) is 0.553. The molecule has 0 aliphatic heterocycles. The van der Waals surface area contributed by atoms with Crippen molar-refractivity contribution >= 4 is 10.0 Å². The standard InChI is InChI=1S/C12H12N4O3S/c1-8-10(9(2)19-16-8)7-15-20(17,18)12-4-3-5-14-11(12)6-13/h3-5,15H,7H2,1-2H3. The summed E-state index contributed by atoms with van der Waals surface area (Å²) in [7, 11) is -3.82. The van der Waals surface area contributed by atoms with E-state index < -0.39 is 10.0 Å². The van der Waals surface area contributed by atoms with Gasteiger partial charge in [-0.3, -0.25) is 0 Å². The molecule has 0 saturated heterocycles. The van der Waals surface area contributed by atoms with Gasteiger partial charge in [0.05, 0.1) is 5.69 Å². The highest BCUT2D eigenvalue weighted by molar-refractivity contribution is 7.89. The number of sulfonamides is 1. The van der Waals surface area contributed by atoms with Crippen molar-refractivity contribution < 1.29 is 12.9 Å². The van der Waals surface area contributed by atoms with Crippen molar-refractivity contribution in [1.82, 2.24) is 14.9 Å². The smallest absolute Gasteiger partial charge is 0.243 e. The highest BCUT2D eigenvalue weighted by Crippen LogP contribution is 2.15. The Kier molecular flexibility index (Phi) is 3.83. The third-order valence-electron chi connectivity index (χ3n) is 2.79. The lowest BCUT2D eigenvalue weighted by Gasteiger charge is -2.07. The van der Waals surface area contributed by atoms with E-state index in [-0.39, 0.29) is 17.1 Å². The van der Waals surface area contributed by atoms with Crippen LogP contribution in [0.25, 0.3) is 0 Å². The third kappa shape index (κ3) is 2.68. The Bertz CT molecular complexity index is 755. The molecule has 104 valence electrons. The van der Waals surface area contributed by atoms with Crippen LogP contribution in [0, 0.1) is 25.2 Å². The molecule has 2 heterocycles. The maximum absolute atomic E-state index is 12.2. The second-order valence-corrected chi connectivity index (χ2v) is 5.82. The number of pyridine rings is 1. The Hall–Kier alpha value is -2.24. The fourth-order valence-corrected chi connectivity index (χ4v) is 2.79. The molecule has 0 aromatic carbocycles. The Morgan fingerprint density at radius 1 is 1.45 bits per heavy atom. The fourth-order valence-electron chi connectivity index (χ4n) is 1.69. The summed E-state index contributed by atoms with van der Waals surface area (Å²) in [5.41, 5.74) is 1.16. The van der Waals surface area contributed by atoms with E-state index in [1.165, 1.54) is 18.3 Å². The van der Waals surface area contributed by atoms with Crippen LogP contribution in [0.4, 0.5) is 0 Å². The summed E-state index contributed by atoms with van der Waals surface area (Å²) in [6.45, 7) is 3.47. The van der Waals surface area contributed by atoms with Gasteiger partial charge in [-0.05, 0) is 26.0 Å². The zero-order valence-corrected chi connectivity index (χ0v) is 11.7. The van der Waals surface area contributed by atoms with Crippen molar-refractivity contribution in [3.05, 3.63) is 41.0 Å². The molecule has 1 N–H and O–H groups in total.